The quantitative estimate of drug-likeness (QED) is 0.877. The lowest BCUT2D eigenvalue weighted by Gasteiger charge is -2.10. The average molecular weight is 229 g/mol. The first kappa shape index (κ1) is 11.7. The van der Waals surface area contributed by atoms with Crippen molar-refractivity contribution >= 4 is 5.82 Å². The Hall–Kier alpha value is -1.77. The van der Waals surface area contributed by atoms with Gasteiger partial charge in [-0.25, -0.2) is 0 Å². The lowest BCUT2D eigenvalue weighted by Crippen LogP contribution is -2.04. The molecule has 2 aromatic rings. The maximum absolute atomic E-state index is 4.39. The fourth-order valence-electron chi connectivity index (χ4n) is 1.95. The van der Waals surface area contributed by atoms with Gasteiger partial charge in [0.1, 0.15) is 5.82 Å². The molecule has 0 radical (unpaired) electrons. The minimum Gasteiger partial charge on any atom is -0.364 e. The molecule has 0 saturated heterocycles. The zero-order chi connectivity index (χ0) is 12.4. The van der Waals surface area contributed by atoms with E-state index in [0.717, 1.165) is 18.1 Å². The summed E-state index contributed by atoms with van der Waals surface area (Å²) in [5, 5.41) is 7.76. The van der Waals surface area contributed by atoms with Crippen LogP contribution in [0.4, 0.5) is 5.82 Å². The summed E-state index contributed by atoms with van der Waals surface area (Å²) in [5.74, 6) is 0.938. The molecule has 0 bridgehead atoms. The topological polar surface area (TPSA) is 29.9 Å². The second-order valence-electron chi connectivity index (χ2n) is 4.52. The van der Waals surface area contributed by atoms with E-state index in [1.165, 1.54) is 16.7 Å². The number of nitrogens with one attached hydrogen (secondary N) is 1. The molecule has 0 saturated carbocycles. The molecule has 0 aliphatic rings. The standard InChI is InChI=1S/C14H19N3/c1-10-6-5-7-11(2)13(10)9-15-14-8-12(3)17(4)16-14/h5-8H,9H2,1-4H3,(H,15,16). The first-order valence-electron chi connectivity index (χ1n) is 5.87. The average Bonchev–Trinajstić information content (AvgIpc) is 2.58. The zero-order valence-corrected chi connectivity index (χ0v) is 10.9. The highest BCUT2D eigenvalue weighted by Crippen LogP contribution is 2.15. The fourth-order valence-corrected chi connectivity index (χ4v) is 1.95. The monoisotopic (exact) mass is 229 g/mol. The molecule has 3 nitrogen and oxygen atoms in total. The van der Waals surface area contributed by atoms with Gasteiger partial charge in [0.05, 0.1) is 0 Å². The molecule has 1 aromatic carbocycles. The molecule has 17 heavy (non-hydrogen) atoms. The van der Waals surface area contributed by atoms with Crippen molar-refractivity contribution in [3.8, 4) is 0 Å². The van der Waals surface area contributed by atoms with Crippen LogP contribution in [0.25, 0.3) is 0 Å². The molecule has 0 amide bonds. The molecule has 3 heteroatoms. The van der Waals surface area contributed by atoms with Crippen molar-refractivity contribution in [1.29, 1.82) is 0 Å². The Labute approximate surface area is 102 Å². The third-order valence-electron chi connectivity index (χ3n) is 3.20. The Morgan fingerprint density at radius 2 is 1.82 bits per heavy atom. The van der Waals surface area contributed by atoms with E-state index in [4.69, 9.17) is 0 Å². The van der Waals surface area contributed by atoms with Crippen molar-refractivity contribution in [3.63, 3.8) is 0 Å². The van der Waals surface area contributed by atoms with Gasteiger partial charge in [-0.3, -0.25) is 4.68 Å². The number of benzene rings is 1. The van der Waals surface area contributed by atoms with Gasteiger partial charge in [-0.1, -0.05) is 18.2 Å². The molecule has 90 valence electrons. The molecular weight excluding hydrogens is 210 g/mol. The van der Waals surface area contributed by atoms with Gasteiger partial charge in [-0.2, -0.15) is 5.10 Å². The van der Waals surface area contributed by atoms with Crippen molar-refractivity contribution in [1.82, 2.24) is 9.78 Å². The van der Waals surface area contributed by atoms with E-state index in [-0.39, 0.29) is 0 Å². The van der Waals surface area contributed by atoms with Gasteiger partial charge in [0.15, 0.2) is 0 Å². The third kappa shape index (κ3) is 2.49. The Morgan fingerprint density at radius 3 is 2.35 bits per heavy atom. The number of aromatic nitrogens is 2. The second kappa shape index (κ2) is 4.62. The van der Waals surface area contributed by atoms with Crippen LogP contribution in [0.2, 0.25) is 0 Å². The van der Waals surface area contributed by atoms with Crippen LogP contribution >= 0.6 is 0 Å². The van der Waals surface area contributed by atoms with Crippen LogP contribution in [0, 0.1) is 20.8 Å². The van der Waals surface area contributed by atoms with Crippen LogP contribution in [0.3, 0.4) is 0 Å². The van der Waals surface area contributed by atoms with Gasteiger partial charge in [-0.05, 0) is 37.5 Å². The van der Waals surface area contributed by atoms with E-state index in [1.807, 2.05) is 11.7 Å². The molecule has 1 N–H and O–H groups in total. The third-order valence-corrected chi connectivity index (χ3v) is 3.20. The minimum atomic E-state index is 0.828. The van der Waals surface area contributed by atoms with E-state index in [1.54, 1.807) is 0 Å². The molecule has 0 unspecified atom stereocenters. The Morgan fingerprint density at radius 1 is 1.18 bits per heavy atom. The van der Waals surface area contributed by atoms with Gasteiger partial charge in [0.25, 0.3) is 0 Å². The maximum Gasteiger partial charge on any atom is 0.148 e. The van der Waals surface area contributed by atoms with Crippen molar-refractivity contribution < 1.29 is 0 Å². The highest BCUT2D eigenvalue weighted by Gasteiger charge is 2.04. The predicted octanol–water partition coefficient (Wildman–Crippen LogP) is 2.96. The number of anilines is 1. The van der Waals surface area contributed by atoms with E-state index in [2.05, 4.69) is 55.5 Å². The molecule has 0 fully saturated rings. The van der Waals surface area contributed by atoms with Crippen molar-refractivity contribution in [2.75, 3.05) is 5.32 Å². The first-order chi connectivity index (χ1) is 8.08. The normalized spacial score (nSPS) is 10.6. The largest absolute Gasteiger partial charge is 0.364 e. The summed E-state index contributed by atoms with van der Waals surface area (Å²) in [7, 11) is 1.96. The molecule has 0 aliphatic heterocycles. The van der Waals surface area contributed by atoms with Crippen LogP contribution in [0.15, 0.2) is 24.3 Å². The van der Waals surface area contributed by atoms with E-state index >= 15 is 0 Å². The molecular formula is C14H19N3. The number of rotatable bonds is 3. The molecule has 1 aromatic heterocycles. The van der Waals surface area contributed by atoms with Crippen LogP contribution in [0.5, 0.6) is 0 Å². The molecule has 1 heterocycles. The lowest BCUT2D eigenvalue weighted by atomic mass is 10.0. The number of hydrogen-bond donors (Lipinski definition) is 1. The van der Waals surface area contributed by atoms with Gasteiger partial charge < -0.3 is 5.32 Å². The summed E-state index contributed by atoms with van der Waals surface area (Å²) in [5.41, 5.74) is 5.17. The second-order valence-corrected chi connectivity index (χ2v) is 4.52. The fraction of sp³-hybridized carbons (Fsp3) is 0.357. The Bertz CT molecular complexity index is 487. The number of nitrogens with zero attached hydrogens (tertiary/aromatic N) is 2. The summed E-state index contributed by atoms with van der Waals surface area (Å²) in [6.07, 6.45) is 0. The molecule has 0 spiro atoms. The molecule has 0 aliphatic carbocycles. The first-order valence-corrected chi connectivity index (χ1v) is 5.87. The highest BCUT2D eigenvalue weighted by atomic mass is 15.3. The summed E-state index contributed by atoms with van der Waals surface area (Å²) in [6, 6.07) is 8.45. The van der Waals surface area contributed by atoms with Gasteiger partial charge in [0.2, 0.25) is 0 Å². The molecule has 0 atom stereocenters. The van der Waals surface area contributed by atoms with Gasteiger partial charge in [0, 0.05) is 25.4 Å². The van der Waals surface area contributed by atoms with Crippen LogP contribution in [-0.2, 0) is 13.6 Å². The van der Waals surface area contributed by atoms with E-state index < -0.39 is 0 Å². The summed E-state index contributed by atoms with van der Waals surface area (Å²) in [4.78, 5) is 0. The van der Waals surface area contributed by atoms with E-state index in [0.29, 0.717) is 0 Å². The predicted molar refractivity (Wildman–Crippen MR) is 71.2 cm³/mol. The van der Waals surface area contributed by atoms with Gasteiger partial charge >= 0.3 is 0 Å². The maximum atomic E-state index is 4.39. The Kier molecular flexibility index (Phi) is 3.18. The SMILES string of the molecule is Cc1cccc(C)c1CNc1cc(C)n(C)n1. The van der Waals surface area contributed by atoms with Crippen molar-refractivity contribution in [2.45, 2.75) is 27.3 Å². The van der Waals surface area contributed by atoms with Gasteiger partial charge in [-0.15, -0.1) is 0 Å². The zero-order valence-electron chi connectivity index (χ0n) is 10.9. The van der Waals surface area contributed by atoms with Crippen LogP contribution in [0.1, 0.15) is 22.4 Å². The number of aryl methyl sites for hydroxylation is 4. The minimum absolute atomic E-state index is 0.828. The van der Waals surface area contributed by atoms with Crippen molar-refractivity contribution in [2.24, 2.45) is 7.05 Å². The summed E-state index contributed by atoms with van der Waals surface area (Å²) in [6.45, 7) is 7.17. The smallest absolute Gasteiger partial charge is 0.148 e. The van der Waals surface area contributed by atoms with E-state index in [9.17, 15) is 0 Å². The highest BCUT2D eigenvalue weighted by molar-refractivity contribution is 5.40. The Balaban J connectivity index is 2.12. The van der Waals surface area contributed by atoms with Crippen LogP contribution in [-0.4, -0.2) is 9.78 Å². The van der Waals surface area contributed by atoms with Crippen LogP contribution < -0.4 is 5.32 Å². The van der Waals surface area contributed by atoms with Crippen molar-refractivity contribution in [3.05, 3.63) is 46.6 Å². The summed E-state index contributed by atoms with van der Waals surface area (Å²) < 4.78 is 1.88. The molecule has 2 rings (SSSR count). The lowest BCUT2D eigenvalue weighted by molar-refractivity contribution is 0.741. The number of hydrogen-bond acceptors (Lipinski definition) is 2. The summed E-state index contributed by atoms with van der Waals surface area (Å²) >= 11 is 0.